The third kappa shape index (κ3) is 11.8. The van der Waals surface area contributed by atoms with Crippen molar-refractivity contribution in [3.63, 3.8) is 0 Å². The third-order valence-electron chi connectivity index (χ3n) is 1.73. The summed E-state index contributed by atoms with van der Waals surface area (Å²) in [7, 11) is 0. The number of amides is 4. The minimum absolute atomic E-state index is 0.613. The standard InChI is InChI=1S/C8H14N4O8.CH2O/c9-5(13)17-1-3(19-7(11)15)4(20-8(12)16)2-18-6(10)14;1-2/h3-4H,1-2H2,(H2,9,13)(H2,10,14)(H2,11,15)(H2,12,16);1H2/t3-,4+;. The van der Waals surface area contributed by atoms with Crippen LogP contribution in [0.5, 0.6) is 0 Å². The first kappa shape index (κ1) is 21.1. The van der Waals surface area contributed by atoms with Crippen LogP contribution in [-0.2, 0) is 23.7 Å². The third-order valence-corrected chi connectivity index (χ3v) is 1.73. The molecule has 0 aliphatic carbocycles. The molecule has 0 saturated heterocycles. The Morgan fingerprint density at radius 1 is 0.682 bits per heavy atom. The van der Waals surface area contributed by atoms with Gasteiger partial charge in [0.05, 0.1) is 0 Å². The molecule has 22 heavy (non-hydrogen) atoms. The monoisotopic (exact) mass is 324 g/mol. The van der Waals surface area contributed by atoms with Crippen LogP contribution in [0.1, 0.15) is 0 Å². The van der Waals surface area contributed by atoms with E-state index >= 15 is 0 Å². The second-order valence-electron chi connectivity index (χ2n) is 3.21. The molecule has 8 N–H and O–H groups in total. The van der Waals surface area contributed by atoms with Crippen molar-refractivity contribution in [1.82, 2.24) is 0 Å². The first-order chi connectivity index (χ1) is 10.2. The largest absolute Gasteiger partial charge is 0.446 e. The average molecular weight is 324 g/mol. The Hall–Kier alpha value is -3.25. The minimum Gasteiger partial charge on any atom is -0.446 e. The van der Waals surface area contributed by atoms with E-state index in [0.717, 1.165) is 0 Å². The highest BCUT2D eigenvalue weighted by molar-refractivity contribution is 5.67. The smallest absolute Gasteiger partial charge is 0.405 e. The Morgan fingerprint density at radius 3 is 1.14 bits per heavy atom. The highest BCUT2D eigenvalue weighted by Gasteiger charge is 2.30. The number of rotatable bonds is 7. The first-order valence-corrected chi connectivity index (χ1v) is 5.27. The Morgan fingerprint density at radius 2 is 0.955 bits per heavy atom. The van der Waals surface area contributed by atoms with Crippen molar-refractivity contribution in [3.8, 4) is 0 Å². The molecular weight excluding hydrogens is 308 g/mol. The van der Waals surface area contributed by atoms with Crippen molar-refractivity contribution < 1.29 is 42.9 Å². The molecule has 0 aromatic rings. The van der Waals surface area contributed by atoms with E-state index in [1.165, 1.54) is 0 Å². The molecule has 2 atom stereocenters. The molecule has 0 fully saturated rings. The highest BCUT2D eigenvalue weighted by atomic mass is 16.6. The van der Waals surface area contributed by atoms with Crippen molar-refractivity contribution in [3.05, 3.63) is 0 Å². The van der Waals surface area contributed by atoms with Gasteiger partial charge in [-0.05, 0) is 0 Å². The Kier molecular flexibility index (Phi) is 11.1. The molecule has 0 saturated carbocycles. The van der Waals surface area contributed by atoms with Gasteiger partial charge in [-0.2, -0.15) is 0 Å². The fraction of sp³-hybridized carbons (Fsp3) is 0.444. The zero-order chi connectivity index (χ0) is 17.7. The van der Waals surface area contributed by atoms with Crippen molar-refractivity contribution >= 4 is 31.2 Å². The number of carbonyl (C=O) groups is 5. The van der Waals surface area contributed by atoms with E-state index in [1.807, 2.05) is 6.79 Å². The lowest BCUT2D eigenvalue weighted by molar-refractivity contribution is -0.0980. The second-order valence-corrected chi connectivity index (χ2v) is 3.21. The molecule has 0 aromatic carbocycles. The Balaban J connectivity index is 0. The molecule has 0 aliphatic heterocycles. The summed E-state index contributed by atoms with van der Waals surface area (Å²) in [6.45, 7) is 0.774. The van der Waals surface area contributed by atoms with Crippen molar-refractivity contribution in [2.24, 2.45) is 22.9 Å². The maximum atomic E-state index is 10.7. The van der Waals surface area contributed by atoms with Crippen molar-refractivity contribution in [2.75, 3.05) is 13.2 Å². The molecule has 0 heterocycles. The summed E-state index contributed by atoms with van der Waals surface area (Å²) in [5.74, 6) is 0. The molecule has 0 radical (unpaired) electrons. The van der Waals surface area contributed by atoms with Crippen molar-refractivity contribution in [1.29, 1.82) is 0 Å². The lowest BCUT2D eigenvalue weighted by Crippen LogP contribution is -2.44. The summed E-state index contributed by atoms with van der Waals surface area (Å²) >= 11 is 0. The van der Waals surface area contributed by atoms with Crippen LogP contribution in [0.3, 0.4) is 0 Å². The van der Waals surface area contributed by atoms with Crippen LogP contribution in [-0.4, -0.2) is 56.6 Å². The zero-order valence-electron chi connectivity index (χ0n) is 11.3. The van der Waals surface area contributed by atoms with Crippen LogP contribution in [0, 0.1) is 0 Å². The van der Waals surface area contributed by atoms with Gasteiger partial charge in [-0.25, -0.2) is 19.2 Å². The van der Waals surface area contributed by atoms with E-state index in [2.05, 4.69) is 18.9 Å². The number of carbonyl (C=O) groups excluding carboxylic acids is 5. The molecule has 0 aromatic heterocycles. The van der Waals surface area contributed by atoms with Gasteiger partial charge in [-0.1, -0.05) is 0 Å². The van der Waals surface area contributed by atoms with Gasteiger partial charge in [0.2, 0.25) is 0 Å². The van der Waals surface area contributed by atoms with Gasteiger partial charge < -0.3 is 46.7 Å². The quantitative estimate of drug-likeness (QED) is 0.376. The lowest BCUT2D eigenvalue weighted by atomic mass is 10.2. The molecule has 0 rings (SSSR count). The van der Waals surface area contributed by atoms with Crippen LogP contribution < -0.4 is 22.9 Å². The molecule has 0 aliphatic rings. The number of hydrogen-bond acceptors (Lipinski definition) is 9. The molecular formula is C9H16N4O9. The van der Waals surface area contributed by atoms with E-state index in [4.69, 9.17) is 27.7 Å². The van der Waals surface area contributed by atoms with Gasteiger partial charge in [-0.3, -0.25) is 0 Å². The molecule has 4 amide bonds. The maximum absolute atomic E-state index is 10.7. The summed E-state index contributed by atoms with van der Waals surface area (Å²) in [5, 5.41) is 0. The molecule has 13 heteroatoms. The number of hydrogen-bond donors (Lipinski definition) is 4. The lowest BCUT2D eigenvalue weighted by Gasteiger charge is -2.24. The van der Waals surface area contributed by atoms with E-state index in [9.17, 15) is 19.2 Å². The van der Waals surface area contributed by atoms with Gasteiger partial charge in [0.1, 0.15) is 20.0 Å². The summed E-state index contributed by atoms with van der Waals surface area (Å²) < 4.78 is 17.8. The van der Waals surface area contributed by atoms with E-state index in [0.29, 0.717) is 0 Å². The number of primary amides is 4. The molecule has 13 nitrogen and oxygen atoms in total. The van der Waals surface area contributed by atoms with Gasteiger partial charge in [0.15, 0.2) is 12.2 Å². The topological polar surface area (TPSA) is 226 Å². The van der Waals surface area contributed by atoms with Gasteiger partial charge in [-0.15, -0.1) is 0 Å². The van der Waals surface area contributed by atoms with Crippen LogP contribution in [0.2, 0.25) is 0 Å². The summed E-state index contributed by atoms with van der Waals surface area (Å²) in [5.41, 5.74) is 19.0. The van der Waals surface area contributed by atoms with Crippen molar-refractivity contribution in [2.45, 2.75) is 12.2 Å². The van der Waals surface area contributed by atoms with Crippen LogP contribution >= 0.6 is 0 Å². The summed E-state index contributed by atoms with van der Waals surface area (Å²) in [6, 6.07) is 0. The Labute approximate surface area is 123 Å². The molecule has 126 valence electrons. The van der Waals surface area contributed by atoms with E-state index in [1.54, 1.807) is 0 Å². The van der Waals surface area contributed by atoms with Gasteiger partial charge in [0.25, 0.3) is 0 Å². The van der Waals surface area contributed by atoms with E-state index < -0.39 is 49.8 Å². The molecule has 0 bridgehead atoms. The minimum atomic E-state index is -1.40. The summed E-state index contributed by atoms with van der Waals surface area (Å²) in [6.07, 6.45) is -7.69. The summed E-state index contributed by atoms with van der Waals surface area (Å²) in [4.78, 5) is 50.4. The molecule has 0 spiro atoms. The van der Waals surface area contributed by atoms with E-state index in [-0.39, 0.29) is 0 Å². The normalized spacial score (nSPS) is 11.6. The van der Waals surface area contributed by atoms with Gasteiger partial charge in [0, 0.05) is 0 Å². The van der Waals surface area contributed by atoms with Crippen LogP contribution in [0.25, 0.3) is 0 Å². The SMILES string of the molecule is C=O.NC(=O)OC[C@H](OC(N)=O)[C@@H](COC(N)=O)OC(N)=O. The number of nitrogens with two attached hydrogens (primary N) is 4. The van der Waals surface area contributed by atoms with Crippen LogP contribution in [0.15, 0.2) is 0 Å². The predicted molar refractivity (Wildman–Crippen MR) is 67.1 cm³/mol. The highest BCUT2D eigenvalue weighted by Crippen LogP contribution is 2.07. The Bertz CT molecular complexity index is 367. The van der Waals surface area contributed by atoms with Gasteiger partial charge >= 0.3 is 24.4 Å². The number of ether oxygens (including phenoxy) is 4. The van der Waals surface area contributed by atoms with Crippen LogP contribution in [0.4, 0.5) is 19.2 Å². The first-order valence-electron chi connectivity index (χ1n) is 5.27. The molecule has 0 unspecified atom stereocenters. The maximum Gasteiger partial charge on any atom is 0.405 e. The zero-order valence-corrected chi connectivity index (χ0v) is 11.3. The fourth-order valence-corrected chi connectivity index (χ4v) is 1.06. The second kappa shape index (κ2) is 11.6. The average Bonchev–Trinajstić information content (AvgIpc) is 2.40. The fourth-order valence-electron chi connectivity index (χ4n) is 1.06. The predicted octanol–water partition coefficient (Wildman–Crippen LogP) is -2.08.